The molecule has 7 nitrogen and oxygen atoms in total. The van der Waals surface area contributed by atoms with Gasteiger partial charge in [0, 0.05) is 5.69 Å². The molecule has 0 fully saturated rings. The Balaban J connectivity index is 1.64. The molecular formula is C26H26N4O3S. The minimum Gasteiger partial charge on any atom is -0.497 e. The molecular weight excluding hydrogens is 448 g/mol. The van der Waals surface area contributed by atoms with Crippen molar-refractivity contribution < 1.29 is 14.3 Å². The average molecular weight is 475 g/mol. The van der Waals surface area contributed by atoms with Crippen LogP contribution >= 0.6 is 11.8 Å². The van der Waals surface area contributed by atoms with Gasteiger partial charge in [0.15, 0.2) is 11.0 Å². The first-order valence-electron chi connectivity index (χ1n) is 10.7. The largest absolute Gasteiger partial charge is 0.497 e. The van der Waals surface area contributed by atoms with Crippen LogP contribution in [0.25, 0.3) is 17.1 Å². The summed E-state index contributed by atoms with van der Waals surface area (Å²) in [4.78, 5) is 12.7. The second kappa shape index (κ2) is 10.4. The Bertz CT molecular complexity index is 1280. The summed E-state index contributed by atoms with van der Waals surface area (Å²) in [5, 5.41) is 12.4. The molecule has 1 heterocycles. The molecule has 4 rings (SSSR count). The number of ether oxygens (including phenoxy) is 2. The zero-order valence-corrected chi connectivity index (χ0v) is 20.3. The number of nitrogens with zero attached hydrogens (tertiary/aromatic N) is 3. The Labute approximate surface area is 203 Å². The topological polar surface area (TPSA) is 78.3 Å². The van der Waals surface area contributed by atoms with E-state index in [9.17, 15) is 4.79 Å². The summed E-state index contributed by atoms with van der Waals surface area (Å²) < 4.78 is 12.8. The number of hydrogen-bond acceptors (Lipinski definition) is 6. The fraction of sp³-hybridized carbons (Fsp3) is 0.192. The fourth-order valence-corrected chi connectivity index (χ4v) is 4.46. The molecule has 34 heavy (non-hydrogen) atoms. The molecule has 1 amide bonds. The number of para-hydroxylation sites is 1. The van der Waals surface area contributed by atoms with E-state index in [0.29, 0.717) is 16.7 Å². The fourth-order valence-electron chi connectivity index (χ4n) is 3.71. The smallest absolute Gasteiger partial charge is 0.234 e. The summed E-state index contributed by atoms with van der Waals surface area (Å²) in [7, 11) is 3.25. The van der Waals surface area contributed by atoms with E-state index in [1.54, 1.807) is 14.2 Å². The number of carbonyl (C=O) groups excluding carboxylic acids is 1. The molecule has 0 aliphatic rings. The summed E-state index contributed by atoms with van der Waals surface area (Å²) in [5.41, 5.74) is 4.64. The van der Waals surface area contributed by atoms with Crippen molar-refractivity contribution in [1.29, 1.82) is 0 Å². The van der Waals surface area contributed by atoms with Crippen LogP contribution in [-0.2, 0) is 4.79 Å². The average Bonchev–Trinajstić information content (AvgIpc) is 3.26. The van der Waals surface area contributed by atoms with Crippen molar-refractivity contribution in [3.05, 3.63) is 77.9 Å². The molecule has 0 aliphatic carbocycles. The number of benzene rings is 3. The monoisotopic (exact) mass is 474 g/mol. The lowest BCUT2D eigenvalue weighted by Crippen LogP contribution is -2.14. The van der Waals surface area contributed by atoms with Gasteiger partial charge in [0.05, 0.1) is 31.2 Å². The number of nitrogens with one attached hydrogen (secondary N) is 1. The van der Waals surface area contributed by atoms with Crippen LogP contribution in [0.1, 0.15) is 11.1 Å². The zero-order chi connectivity index (χ0) is 24.1. The van der Waals surface area contributed by atoms with Gasteiger partial charge < -0.3 is 14.8 Å². The van der Waals surface area contributed by atoms with E-state index in [1.165, 1.54) is 11.8 Å². The lowest BCUT2D eigenvalue weighted by Gasteiger charge is -2.13. The molecule has 0 saturated heterocycles. The number of aryl methyl sites for hydroxylation is 2. The van der Waals surface area contributed by atoms with Gasteiger partial charge in [-0.2, -0.15) is 0 Å². The Morgan fingerprint density at radius 3 is 2.32 bits per heavy atom. The van der Waals surface area contributed by atoms with Crippen LogP contribution in [0, 0.1) is 13.8 Å². The first kappa shape index (κ1) is 23.4. The second-order valence-corrected chi connectivity index (χ2v) is 8.70. The number of amides is 1. The summed E-state index contributed by atoms with van der Waals surface area (Å²) in [5.74, 6) is 2.14. The van der Waals surface area contributed by atoms with Crippen LogP contribution in [0.3, 0.4) is 0 Å². The third-order valence-electron chi connectivity index (χ3n) is 5.15. The molecule has 0 saturated carbocycles. The van der Waals surface area contributed by atoms with Gasteiger partial charge in [-0.15, -0.1) is 10.2 Å². The summed E-state index contributed by atoms with van der Waals surface area (Å²) in [6, 6.07) is 21.2. The standard InChI is InChI=1S/C26H26N4O3S/c1-17-13-18(2)15-19(14-17)27-24(31)16-34-26-29-28-25(22-7-5-6-8-23(22)33-4)30(26)20-9-11-21(32-3)12-10-20/h5-15H,16H2,1-4H3,(H,27,31). The van der Waals surface area contributed by atoms with Gasteiger partial charge in [-0.05, 0) is 73.5 Å². The molecule has 1 aromatic heterocycles. The molecule has 0 unspecified atom stereocenters. The number of anilines is 1. The van der Waals surface area contributed by atoms with Gasteiger partial charge in [-0.25, -0.2) is 0 Å². The van der Waals surface area contributed by atoms with E-state index in [2.05, 4.69) is 21.6 Å². The van der Waals surface area contributed by atoms with Crippen molar-refractivity contribution in [2.45, 2.75) is 19.0 Å². The van der Waals surface area contributed by atoms with Crippen molar-refractivity contribution in [2.75, 3.05) is 25.3 Å². The molecule has 8 heteroatoms. The normalized spacial score (nSPS) is 10.7. The summed E-state index contributed by atoms with van der Waals surface area (Å²) in [6.07, 6.45) is 0. The molecule has 0 atom stereocenters. The van der Waals surface area contributed by atoms with Crippen molar-refractivity contribution in [3.63, 3.8) is 0 Å². The van der Waals surface area contributed by atoms with Crippen LogP contribution in [0.2, 0.25) is 0 Å². The van der Waals surface area contributed by atoms with Gasteiger partial charge in [0.25, 0.3) is 0 Å². The number of thioether (sulfide) groups is 1. The molecule has 3 aromatic carbocycles. The van der Waals surface area contributed by atoms with Crippen molar-refractivity contribution in [3.8, 4) is 28.6 Å². The predicted molar refractivity (Wildman–Crippen MR) is 135 cm³/mol. The second-order valence-electron chi connectivity index (χ2n) is 7.75. The zero-order valence-electron chi connectivity index (χ0n) is 19.5. The Morgan fingerprint density at radius 1 is 0.941 bits per heavy atom. The third-order valence-corrected chi connectivity index (χ3v) is 6.08. The van der Waals surface area contributed by atoms with E-state index in [-0.39, 0.29) is 11.7 Å². The van der Waals surface area contributed by atoms with Gasteiger partial charge in [-0.3, -0.25) is 9.36 Å². The molecule has 0 bridgehead atoms. The molecule has 174 valence electrons. The van der Waals surface area contributed by atoms with Crippen molar-refractivity contribution in [1.82, 2.24) is 14.8 Å². The molecule has 4 aromatic rings. The van der Waals surface area contributed by atoms with Gasteiger partial charge in [0.2, 0.25) is 5.91 Å². The maximum atomic E-state index is 12.7. The van der Waals surface area contributed by atoms with Gasteiger partial charge >= 0.3 is 0 Å². The summed E-state index contributed by atoms with van der Waals surface area (Å²) >= 11 is 1.32. The van der Waals surface area contributed by atoms with E-state index in [4.69, 9.17) is 9.47 Å². The van der Waals surface area contributed by atoms with Crippen LogP contribution in [-0.4, -0.2) is 40.6 Å². The number of methoxy groups -OCH3 is 2. The maximum absolute atomic E-state index is 12.7. The number of hydrogen-bond donors (Lipinski definition) is 1. The SMILES string of the molecule is COc1ccc(-n2c(SCC(=O)Nc3cc(C)cc(C)c3)nnc2-c2ccccc2OC)cc1. The third kappa shape index (κ3) is 5.23. The predicted octanol–water partition coefficient (Wildman–Crippen LogP) is 5.30. The van der Waals surface area contributed by atoms with Crippen molar-refractivity contribution >= 4 is 23.4 Å². The van der Waals surface area contributed by atoms with Crippen LogP contribution in [0.15, 0.2) is 71.9 Å². The van der Waals surface area contributed by atoms with E-state index >= 15 is 0 Å². The lowest BCUT2D eigenvalue weighted by molar-refractivity contribution is -0.113. The Kier molecular flexibility index (Phi) is 7.18. The van der Waals surface area contributed by atoms with Crippen LogP contribution in [0.5, 0.6) is 11.5 Å². The van der Waals surface area contributed by atoms with E-state index in [0.717, 1.165) is 33.8 Å². The number of aromatic nitrogens is 3. The lowest BCUT2D eigenvalue weighted by atomic mass is 10.1. The Hall–Kier alpha value is -3.78. The highest BCUT2D eigenvalue weighted by molar-refractivity contribution is 7.99. The minimum atomic E-state index is -0.113. The summed E-state index contributed by atoms with van der Waals surface area (Å²) in [6.45, 7) is 4.02. The maximum Gasteiger partial charge on any atom is 0.234 e. The van der Waals surface area contributed by atoms with Crippen molar-refractivity contribution in [2.24, 2.45) is 0 Å². The van der Waals surface area contributed by atoms with Crippen LogP contribution in [0.4, 0.5) is 5.69 Å². The van der Waals surface area contributed by atoms with E-state index in [1.807, 2.05) is 79.1 Å². The molecule has 0 spiro atoms. The van der Waals surface area contributed by atoms with Gasteiger partial charge in [-0.1, -0.05) is 30.0 Å². The molecule has 0 aliphatic heterocycles. The number of rotatable bonds is 8. The first-order valence-corrected chi connectivity index (χ1v) is 11.7. The number of carbonyl (C=O) groups is 1. The quantitative estimate of drug-likeness (QED) is 0.349. The van der Waals surface area contributed by atoms with Crippen LogP contribution < -0.4 is 14.8 Å². The highest BCUT2D eigenvalue weighted by atomic mass is 32.2. The molecule has 0 radical (unpaired) electrons. The molecule has 1 N–H and O–H groups in total. The Morgan fingerprint density at radius 2 is 1.65 bits per heavy atom. The minimum absolute atomic E-state index is 0.113. The first-order chi connectivity index (χ1) is 16.5. The highest BCUT2D eigenvalue weighted by Crippen LogP contribution is 2.33. The van der Waals surface area contributed by atoms with Gasteiger partial charge in [0.1, 0.15) is 11.5 Å². The highest BCUT2D eigenvalue weighted by Gasteiger charge is 2.20. The van der Waals surface area contributed by atoms with E-state index < -0.39 is 0 Å².